The van der Waals surface area contributed by atoms with Crippen LogP contribution in [0.4, 0.5) is 0 Å². The molecule has 0 aliphatic rings. The van der Waals surface area contributed by atoms with Crippen molar-refractivity contribution in [3.8, 4) is 0 Å². The largest absolute Gasteiger partial charge is 0.342 e. The van der Waals surface area contributed by atoms with E-state index in [1.807, 2.05) is 17.9 Å². The first-order valence-corrected chi connectivity index (χ1v) is 7.41. The van der Waals surface area contributed by atoms with Crippen LogP contribution in [-0.4, -0.2) is 30.4 Å². The summed E-state index contributed by atoms with van der Waals surface area (Å²) >= 11 is 0. The minimum Gasteiger partial charge on any atom is -0.342 e. The van der Waals surface area contributed by atoms with Crippen molar-refractivity contribution in [1.82, 2.24) is 4.90 Å². The van der Waals surface area contributed by atoms with Crippen LogP contribution in [0.15, 0.2) is 24.3 Å². The Hall–Kier alpha value is -1.35. The normalized spacial score (nSPS) is 11.4. The first kappa shape index (κ1) is 16.7. The molecule has 0 aliphatic carbocycles. The molecule has 112 valence electrons. The number of carbonyl (C=O) groups excluding carboxylic acids is 1. The molecule has 20 heavy (non-hydrogen) atoms. The van der Waals surface area contributed by atoms with Gasteiger partial charge in [-0.25, -0.2) is 0 Å². The molecule has 1 rings (SSSR count). The van der Waals surface area contributed by atoms with E-state index in [1.54, 1.807) is 0 Å². The third kappa shape index (κ3) is 5.33. The van der Waals surface area contributed by atoms with Gasteiger partial charge in [-0.15, -0.1) is 0 Å². The quantitative estimate of drug-likeness (QED) is 0.832. The molecule has 1 amide bonds. The number of hydrogen-bond donors (Lipinski definition) is 1. The Morgan fingerprint density at radius 1 is 1.35 bits per heavy atom. The lowest BCUT2D eigenvalue weighted by atomic mass is 9.93. The molecular weight excluding hydrogens is 248 g/mol. The van der Waals surface area contributed by atoms with E-state index in [9.17, 15) is 4.79 Å². The minimum absolute atomic E-state index is 0.0188. The molecular formula is C17H28N2O. The zero-order chi connectivity index (χ0) is 15.2. The van der Waals surface area contributed by atoms with Gasteiger partial charge < -0.3 is 10.6 Å². The molecule has 0 saturated carbocycles. The second-order valence-electron chi connectivity index (χ2n) is 6.27. The molecule has 3 nitrogen and oxygen atoms in total. The van der Waals surface area contributed by atoms with Crippen LogP contribution in [0.25, 0.3) is 0 Å². The second kappa shape index (κ2) is 7.44. The molecule has 1 aromatic rings. The highest BCUT2D eigenvalue weighted by Gasteiger charge is 2.22. The van der Waals surface area contributed by atoms with Crippen molar-refractivity contribution in [3.63, 3.8) is 0 Å². The van der Waals surface area contributed by atoms with Crippen molar-refractivity contribution in [2.75, 3.05) is 19.6 Å². The van der Waals surface area contributed by atoms with E-state index in [4.69, 9.17) is 5.73 Å². The van der Waals surface area contributed by atoms with Gasteiger partial charge in [0.05, 0.1) is 0 Å². The highest BCUT2D eigenvalue weighted by molar-refractivity contribution is 5.76. The summed E-state index contributed by atoms with van der Waals surface area (Å²) < 4.78 is 0. The van der Waals surface area contributed by atoms with Gasteiger partial charge in [-0.05, 0) is 37.8 Å². The van der Waals surface area contributed by atoms with Gasteiger partial charge in [-0.2, -0.15) is 0 Å². The number of hydrogen-bond acceptors (Lipinski definition) is 2. The molecule has 2 N–H and O–H groups in total. The Balaban J connectivity index is 2.55. The third-order valence-corrected chi connectivity index (χ3v) is 3.62. The summed E-state index contributed by atoms with van der Waals surface area (Å²) in [5, 5.41) is 0. The maximum Gasteiger partial charge on any atom is 0.222 e. The predicted molar refractivity (Wildman–Crippen MR) is 84.6 cm³/mol. The first-order chi connectivity index (χ1) is 9.38. The van der Waals surface area contributed by atoms with Gasteiger partial charge in [0.1, 0.15) is 0 Å². The Labute approximate surface area is 123 Å². The SMILES string of the molecule is CCN(CC(C)(C)CN)C(=O)CCc1cccc(C)c1. The second-order valence-corrected chi connectivity index (χ2v) is 6.27. The van der Waals surface area contributed by atoms with Crippen LogP contribution < -0.4 is 5.73 Å². The lowest BCUT2D eigenvalue weighted by Crippen LogP contribution is -2.42. The lowest BCUT2D eigenvalue weighted by molar-refractivity contribution is -0.132. The molecule has 0 unspecified atom stereocenters. The van der Waals surface area contributed by atoms with Gasteiger partial charge in [-0.1, -0.05) is 43.7 Å². The van der Waals surface area contributed by atoms with Crippen LogP contribution >= 0.6 is 0 Å². The molecule has 0 aromatic heterocycles. The van der Waals surface area contributed by atoms with Crippen LogP contribution in [0.3, 0.4) is 0 Å². The maximum atomic E-state index is 12.3. The summed E-state index contributed by atoms with van der Waals surface area (Å²) in [6.07, 6.45) is 1.37. The third-order valence-electron chi connectivity index (χ3n) is 3.62. The van der Waals surface area contributed by atoms with E-state index < -0.39 is 0 Å². The topological polar surface area (TPSA) is 46.3 Å². The lowest BCUT2D eigenvalue weighted by Gasteiger charge is -2.31. The van der Waals surface area contributed by atoms with Crippen LogP contribution in [-0.2, 0) is 11.2 Å². The van der Waals surface area contributed by atoms with Crippen LogP contribution in [0.5, 0.6) is 0 Å². The number of aryl methyl sites for hydroxylation is 2. The van der Waals surface area contributed by atoms with Crippen LogP contribution in [0.1, 0.15) is 38.3 Å². The van der Waals surface area contributed by atoms with Gasteiger partial charge >= 0.3 is 0 Å². The standard InChI is InChI=1S/C17H28N2O/c1-5-19(13-17(3,4)12-18)16(20)10-9-15-8-6-7-14(2)11-15/h6-8,11H,5,9-10,12-13,18H2,1-4H3. The van der Waals surface area contributed by atoms with Gasteiger partial charge in [-0.3, -0.25) is 4.79 Å². The number of amides is 1. The summed E-state index contributed by atoms with van der Waals surface area (Å²) in [6, 6.07) is 8.35. The van der Waals surface area contributed by atoms with Crippen molar-refractivity contribution in [2.45, 2.75) is 40.5 Å². The van der Waals surface area contributed by atoms with Gasteiger partial charge in [0.2, 0.25) is 5.91 Å². The fraction of sp³-hybridized carbons (Fsp3) is 0.588. The molecule has 0 saturated heterocycles. The fourth-order valence-corrected chi connectivity index (χ4v) is 2.23. The summed E-state index contributed by atoms with van der Waals surface area (Å²) in [6.45, 7) is 10.4. The molecule has 0 fully saturated rings. The average molecular weight is 276 g/mol. The molecule has 0 aliphatic heterocycles. The Morgan fingerprint density at radius 2 is 2.05 bits per heavy atom. The number of nitrogens with two attached hydrogens (primary N) is 1. The highest BCUT2D eigenvalue weighted by Crippen LogP contribution is 2.16. The summed E-state index contributed by atoms with van der Waals surface area (Å²) in [5.41, 5.74) is 8.21. The maximum absolute atomic E-state index is 12.3. The van der Waals surface area contributed by atoms with Crippen molar-refractivity contribution in [1.29, 1.82) is 0 Å². The first-order valence-electron chi connectivity index (χ1n) is 7.41. The highest BCUT2D eigenvalue weighted by atomic mass is 16.2. The fourth-order valence-electron chi connectivity index (χ4n) is 2.23. The van der Waals surface area contributed by atoms with E-state index in [0.29, 0.717) is 13.0 Å². The number of nitrogens with zero attached hydrogens (tertiary/aromatic N) is 1. The average Bonchev–Trinajstić information content (AvgIpc) is 2.42. The smallest absolute Gasteiger partial charge is 0.222 e. The zero-order valence-corrected chi connectivity index (χ0v) is 13.3. The summed E-state index contributed by atoms with van der Waals surface area (Å²) in [7, 11) is 0. The number of carbonyl (C=O) groups is 1. The zero-order valence-electron chi connectivity index (χ0n) is 13.3. The van der Waals surface area contributed by atoms with Gasteiger partial charge in [0.15, 0.2) is 0 Å². The molecule has 1 aromatic carbocycles. The molecule has 0 atom stereocenters. The van der Waals surface area contributed by atoms with E-state index in [0.717, 1.165) is 19.5 Å². The van der Waals surface area contributed by atoms with E-state index in [-0.39, 0.29) is 11.3 Å². The van der Waals surface area contributed by atoms with E-state index in [2.05, 4.69) is 39.0 Å². The molecule has 0 heterocycles. The monoisotopic (exact) mass is 276 g/mol. The minimum atomic E-state index is -0.0188. The Morgan fingerprint density at radius 3 is 2.60 bits per heavy atom. The molecule has 0 bridgehead atoms. The number of benzene rings is 1. The van der Waals surface area contributed by atoms with Crippen molar-refractivity contribution < 1.29 is 4.79 Å². The van der Waals surface area contributed by atoms with Crippen LogP contribution in [0, 0.1) is 12.3 Å². The van der Waals surface area contributed by atoms with Crippen molar-refractivity contribution >= 4 is 5.91 Å². The van der Waals surface area contributed by atoms with E-state index >= 15 is 0 Å². The van der Waals surface area contributed by atoms with Gasteiger partial charge in [0, 0.05) is 19.5 Å². The number of rotatable bonds is 7. The van der Waals surface area contributed by atoms with Gasteiger partial charge in [0.25, 0.3) is 0 Å². The molecule has 3 heteroatoms. The summed E-state index contributed by atoms with van der Waals surface area (Å²) in [4.78, 5) is 14.2. The Bertz CT molecular complexity index is 440. The molecule has 0 radical (unpaired) electrons. The van der Waals surface area contributed by atoms with E-state index in [1.165, 1.54) is 11.1 Å². The van der Waals surface area contributed by atoms with Crippen LogP contribution in [0.2, 0.25) is 0 Å². The van der Waals surface area contributed by atoms with Crippen molar-refractivity contribution in [2.24, 2.45) is 11.1 Å². The van der Waals surface area contributed by atoms with Crippen molar-refractivity contribution in [3.05, 3.63) is 35.4 Å². The Kier molecular flexibility index (Phi) is 6.21. The summed E-state index contributed by atoms with van der Waals surface area (Å²) in [5.74, 6) is 0.218. The predicted octanol–water partition coefficient (Wildman–Crippen LogP) is 2.76. The molecule has 0 spiro atoms.